The molecule has 0 bridgehead atoms. The molecule has 0 amide bonds. The van der Waals surface area contributed by atoms with E-state index in [9.17, 15) is 19.7 Å². The van der Waals surface area contributed by atoms with Gasteiger partial charge < -0.3 is 4.74 Å². The SMILES string of the molecule is CC1=NC2=C(C(=O)CCC2)C(c2cccc([N+](=O)[O-])c2)C1C(=O)OC1CCCCC1. The van der Waals surface area contributed by atoms with Crippen LogP contribution < -0.4 is 0 Å². The summed E-state index contributed by atoms with van der Waals surface area (Å²) < 4.78 is 5.86. The summed E-state index contributed by atoms with van der Waals surface area (Å²) in [6.45, 7) is 1.79. The zero-order valence-corrected chi connectivity index (χ0v) is 17.1. The van der Waals surface area contributed by atoms with Crippen molar-refractivity contribution >= 4 is 23.2 Å². The molecule has 1 heterocycles. The average molecular weight is 410 g/mol. The van der Waals surface area contributed by atoms with Gasteiger partial charge in [0.1, 0.15) is 12.0 Å². The standard InChI is InChI=1S/C23H26N2O5/c1-14-20(23(27)30-17-9-3-2-4-10-17)21(15-7-5-8-16(13-15)25(28)29)22-18(24-14)11-6-12-19(22)26/h5,7-8,13,17,20-21H,2-4,6,9-12H2,1H3. The molecule has 7 nitrogen and oxygen atoms in total. The molecule has 1 aromatic rings. The molecule has 1 aliphatic heterocycles. The lowest BCUT2D eigenvalue weighted by molar-refractivity contribution is -0.384. The summed E-state index contributed by atoms with van der Waals surface area (Å²) in [6, 6.07) is 6.24. The van der Waals surface area contributed by atoms with Crippen molar-refractivity contribution < 1.29 is 19.2 Å². The van der Waals surface area contributed by atoms with Crippen molar-refractivity contribution in [3.8, 4) is 0 Å². The van der Waals surface area contributed by atoms with Gasteiger partial charge in [-0.2, -0.15) is 0 Å². The highest BCUT2D eigenvalue weighted by atomic mass is 16.6. The first kappa shape index (κ1) is 20.4. The highest BCUT2D eigenvalue weighted by Crippen LogP contribution is 2.44. The van der Waals surface area contributed by atoms with Crippen molar-refractivity contribution in [2.24, 2.45) is 10.9 Å². The molecule has 1 fully saturated rings. The zero-order valence-electron chi connectivity index (χ0n) is 17.1. The van der Waals surface area contributed by atoms with Crippen LogP contribution in [0.4, 0.5) is 5.69 Å². The molecular formula is C23H26N2O5. The summed E-state index contributed by atoms with van der Waals surface area (Å²) in [5, 5.41) is 11.3. The molecule has 4 rings (SSSR count). The van der Waals surface area contributed by atoms with E-state index in [2.05, 4.69) is 4.99 Å². The maximum atomic E-state index is 13.3. The summed E-state index contributed by atoms with van der Waals surface area (Å²) in [6.07, 6.45) is 6.63. The number of nitrogens with zero attached hydrogens (tertiary/aromatic N) is 2. The normalized spacial score (nSPS) is 24.8. The Kier molecular flexibility index (Phi) is 5.79. The van der Waals surface area contributed by atoms with Crippen molar-refractivity contribution in [3.05, 3.63) is 51.2 Å². The number of aliphatic imine (C=N–C) groups is 1. The van der Waals surface area contributed by atoms with Crippen LogP contribution in [0.15, 0.2) is 40.5 Å². The van der Waals surface area contributed by atoms with Gasteiger partial charge in [-0.3, -0.25) is 24.7 Å². The van der Waals surface area contributed by atoms with Crippen molar-refractivity contribution in [2.45, 2.75) is 70.3 Å². The van der Waals surface area contributed by atoms with Gasteiger partial charge in [0.05, 0.1) is 4.92 Å². The predicted molar refractivity (Wildman–Crippen MR) is 111 cm³/mol. The minimum atomic E-state index is -0.741. The van der Waals surface area contributed by atoms with Crippen molar-refractivity contribution in [1.82, 2.24) is 0 Å². The Hall–Kier alpha value is -2.83. The monoisotopic (exact) mass is 410 g/mol. The maximum Gasteiger partial charge on any atom is 0.315 e. The Labute approximate surface area is 175 Å². The molecule has 0 radical (unpaired) electrons. The number of Topliss-reactive ketones (excluding diaryl/α,β-unsaturated/α-hetero) is 1. The van der Waals surface area contributed by atoms with Gasteiger partial charge in [0.2, 0.25) is 0 Å². The third-order valence-corrected chi connectivity index (χ3v) is 6.36. The number of esters is 1. The van der Waals surface area contributed by atoms with E-state index in [4.69, 9.17) is 4.74 Å². The van der Waals surface area contributed by atoms with E-state index < -0.39 is 16.8 Å². The van der Waals surface area contributed by atoms with E-state index in [0.717, 1.165) is 38.5 Å². The number of hydrogen-bond acceptors (Lipinski definition) is 6. The number of allylic oxidation sites excluding steroid dienone is 2. The number of hydrogen-bond donors (Lipinski definition) is 0. The number of benzene rings is 1. The highest BCUT2D eigenvalue weighted by molar-refractivity contribution is 6.08. The van der Waals surface area contributed by atoms with Crippen molar-refractivity contribution in [1.29, 1.82) is 0 Å². The number of nitro benzene ring substituents is 1. The second kappa shape index (κ2) is 8.50. The van der Waals surface area contributed by atoms with E-state index >= 15 is 0 Å². The van der Waals surface area contributed by atoms with Gasteiger partial charge in [-0.1, -0.05) is 18.6 Å². The van der Waals surface area contributed by atoms with Crippen molar-refractivity contribution in [3.63, 3.8) is 0 Å². The minimum absolute atomic E-state index is 0.0283. The first-order chi connectivity index (χ1) is 14.5. The van der Waals surface area contributed by atoms with Crippen LogP contribution in [0.5, 0.6) is 0 Å². The lowest BCUT2D eigenvalue weighted by Gasteiger charge is -2.35. The zero-order chi connectivity index (χ0) is 21.3. The summed E-state index contributed by atoms with van der Waals surface area (Å²) in [5.74, 6) is -1.75. The molecule has 7 heteroatoms. The van der Waals surface area contributed by atoms with E-state index in [1.54, 1.807) is 19.1 Å². The summed E-state index contributed by atoms with van der Waals surface area (Å²) >= 11 is 0. The van der Waals surface area contributed by atoms with Gasteiger partial charge in [0.15, 0.2) is 5.78 Å². The molecule has 2 aliphatic carbocycles. The number of nitro groups is 1. The summed E-state index contributed by atoms with van der Waals surface area (Å²) in [7, 11) is 0. The van der Waals surface area contributed by atoms with E-state index in [1.165, 1.54) is 12.1 Å². The second-order valence-corrected chi connectivity index (χ2v) is 8.39. The molecule has 0 aromatic heterocycles. The van der Waals surface area contributed by atoms with E-state index in [0.29, 0.717) is 35.4 Å². The highest BCUT2D eigenvalue weighted by Gasteiger charge is 2.44. The van der Waals surface area contributed by atoms with Gasteiger partial charge in [-0.05, 0) is 51.0 Å². The maximum absolute atomic E-state index is 13.3. The van der Waals surface area contributed by atoms with Crippen LogP contribution >= 0.6 is 0 Å². The van der Waals surface area contributed by atoms with E-state index in [1.807, 2.05) is 0 Å². The first-order valence-electron chi connectivity index (χ1n) is 10.7. The Balaban J connectivity index is 1.75. The quantitative estimate of drug-likeness (QED) is 0.409. The Bertz CT molecular complexity index is 943. The molecule has 2 atom stereocenters. The number of non-ortho nitro benzene ring substituents is 1. The van der Waals surface area contributed by atoms with E-state index in [-0.39, 0.29) is 23.5 Å². The Morgan fingerprint density at radius 1 is 1.17 bits per heavy atom. The van der Waals surface area contributed by atoms with Gasteiger partial charge in [-0.25, -0.2) is 0 Å². The third-order valence-electron chi connectivity index (χ3n) is 6.36. The van der Waals surface area contributed by atoms with Crippen LogP contribution in [0.2, 0.25) is 0 Å². The number of carbonyl (C=O) groups is 2. The van der Waals surface area contributed by atoms with Gasteiger partial charge in [0.25, 0.3) is 5.69 Å². The second-order valence-electron chi connectivity index (χ2n) is 8.39. The molecule has 2 unspecified atom stereocenters. The molecule has 30 heavy (non-hydrogen) atoms. The fourth-order valence-electron chi connectivity index (χ4n) is 4.92. The smallest absolute Gasteiger partial charge is 0.315 e. The minimum Gasteiger partial charge on any atom is -0.462 e. The molecule has 0 N–H and O–H groups in total. The molecule has 0 spiro atoms. The van der Waals surface area contributed by atoms with Crippen molar-refractivity contribution in [2.75, 3.05) is 0 Å². The molecular weight excluding hydrogens is 384 g/mol. The predicted octanol–water partition coefficient (Wildman–Crippen LogP) is 4.65. The molecule has 3 aliphatic rings. The van der Waals surface area contributed by atoms with Crippen LogP contribution in [0.1, 0.15) is 69.8 Å². The lowest BCUT2D eigenvalue weighted by atomic mass is 9.71. The topological polar surface area (TPSA) is 98.9 Å². The van der Waals surface area contributed by atoms with Gasteiger partial charge >= 0.3 is 5.97 Å². The first-order valence-corrected chi connectivity index (χ1v) is 10.7. The largest absolute Gasteiger partial charge is 0.462 e. The number of ether oxygens (including phenoxy) is 1. The number of ketones is 1. The Morgan fingerprint density at radius 2 is 1.93 bits per heavy atom. The third kappa shape index (κ3) is 3.93. The average Bonchev–Trinajstić information content (AvgIpc) is 2.73. The van der Waals surface area contributed by atoms with Gasteiger partial charge in [0, 0.05) is 41.5 Å². The number of carbonyl (C=O) groups excluding carboxylic acids is 2. The fourth-order valence-corrected chi connectivity index (χ4v) is 4.92. The van der Waals surface area contributed by atoms with Crippen LogP contribution in [0.25, 0.3) is 0 Å². The summed E-state index contributed by atoms with van der Waals surface area (Å²) in [4.78, 5) is 41.7. The molecule has 1 aromatic carbocycles. The molecule has 1 saturated carbocycles. The van der Waals surface area contributed by atoms with Gasteiger partial charge in [-0.15, -0.1) is 0 Å². The summed E-state index contributed by atoms with van der Waals surface area (Å²) in [5.41, 5.74) is 2.38. The van der Waals surface area contributed by atoms with Crippen LogP contribution in [-0.4, -0.2) is 28.5 Å². The molecule has 158 valence electrons. The van der Waals surface area contributed by atoms with Crippen LogP contribution in [0.3, 0.4) is 0 Å². The van der Waals surface area contributed by atoms with Crippen LogP contribution in [-0.2, 0) is 14.3 Å². The van der Waals surface area contributed by atoms with Crippen LogP contribution in [0, 0.1) is 16.0 Å². The Morgan fingerprint density at radius 3 is 2.67 bits per heavy atom. The lowest BCUT2D eigenvalue weighted by Crippen LogP contribution is -2.38. The number of rotatable bonds is 4. The molecule has 0 saturated heterocycles. The fraction of sp³-hybridized carbons (Fsp3) is 0.522.